The molecule has 1 aliphatic heterocycles. The van der Waals surface area contributed by atoms with E-state index in [0.717, 1.165) is 46.6 Å². The number of hydrogen-bond donors (Lipinski definition) is 1. The molecule has 4 rings (SSSR count). The minimum Gasteiger partial charge on any atom is -0.367 e. The van der Waals surface area contributed by atoms with Crippen molar-refractivity contribution in [3.05, 3.63) is 58.4 Å². The Kier molecular flexibility index (Phi) is 5.07. The Morgan fingerprint density at radius 2 is 1.77 bits per heavy atom. The fraction of sp³-hybridized carbons (Fsp3) is 0.458. The lowest BCUT2D eigenvalue weighted by Gasteiger charge is -2.44. The molecule has 0 aromatic heterocycles. The van der Waals surface area contributed by atoms with E-state index in [4.69, 9.17) is 0 Å². The maximum Gasteiger partial charge on any atom is 0.249 e. The summed E-state index contributed by atoms with van der Waals surface area (Å²) in [5, 5.41) is 2.94. The van der Waals surface area contributed by atoms with Crippen molar-refractivity contribution in [2.45, 2.75) is 58.9 Å². The second-order valence-electron chi connectivity index (χ2n) is 9.28. The molecule has 0 unspecified atom stereocenters. The lowest BCUT2D eigenvalue weighted by molar-refractivity contribution is -0.160. The van der Waals surface area contributed by atoms with E-state index in [1.165, 1.54) is 6.07 Å². The van der Waals surface area contributed by atoms with Gasteiger partial charge in [-0.3, -0.25) is 4.79 Å². The van der Waals surface area contributed by atoms with Gasteiger partial charge in [-0.2, -0.15) is 0 Å². The normalized spacial score (nSPS) is 19.1. The predicted octanol–water partition coefficient (Wildman–Crippen LogP) is 5.77. The van der Waals surface area contributed by atoms with Crippen molar-refractivity contribution in [1.29, 1.82) is 0 Å². The number of carbonyl (C=O) groups is 1. The summed E-state index contributed by atoms with van der Waals surface area (Å²) in [7, 11) is 0. The molecule has 0 saturated heterocycles. The summed E-state index contributed by atoms with van der Waals surface area (Å²) >= 11 is 0. The quantitative estimate of drug-likeness (QED) is 0.686. The van der Waals surface area contributed by atoms with Crippen molar-refractivity contribution in [2.24, 2.45) is 5.41 Å². The average Bonchev–Trinajstić information content (AvgIpc) is 2.62. The number of nitrogens with one attached hydrogen (secondary N) is 1. The molecule has 0 radical (unpaired) electrons. The lowest BCUT2D eigenvalue weighted by Crippen LogP contribution is -2.45. The van der Waals surface area contributed by atoms with Crippen molar-refractivity contribution in [1.82, 2.24) is 0 Å². The third kappa shape index (κ3) is 4.18. The SMILES string of the molecule is Cc1cc(N2CCc3cc(F)ccc3C2)cc(C)c1NC(=O)CC1(C)CC(F)(F)C1. The number of benzene rings is 2. The summed E-state index contributed by atoms with van der Waals surface area (Å²) in [5.74, 6) is -3.06. The molecular weight excluding hydrogens is 389 g/mol. The number of aryl methyl sites for hydroxylation is 2. The highest BCUT2D eigenvalue weighted by Gasteiger charge is 2.54. The second kappa shape index (κ2) is 7.33. The third-order valence-electron chi connectivity index (χ3n) is 6.29. The topological polar surface area (TPSA) is 32.3 Å². The highest BCUT2D eigenvalue weighted by Crippen LogP contribution is 2.53. The fourth-order valence-electron chi connectivity index (χ4n) is 4.96. The number of halogens is 3. The number of nitrogens with zero attached hydrogens (tertiary/aromatic N) is 1. The van der Waals surface area contributed by atoms with Crippen LogP contribution in [0.25, 0.3) is 0 Å². The van der Waals surface area contributed by atoms with Gasteiger partial charge in [0.15, 0.2) is 0 Å². The van der Waals surface area contributed by atoms with Crippen LogP contribution in [0.5, 0.6) is 0 Å². The smallest absolute Gasteiger partial charge is 0.249 e. The maximum atomic E-state index is 13.5. The van der Waals surface area contributed by atoms with Crippen LogP contribution in [-0.2, 0) is 17.8 Å². The van der Waals surface area contributed by atoms with Crippen LogP contribution in [0.4, 0.5) is 24.5 Å². The standard InChI is InChI=1S/C24H27F3N2O/c1-15-8-20(29-7-6-17-10-19(25)5-4-18(17)12-29)9-16(2)22(15)28-21(30)11-23(3)13-24(26,27)14-23/h4-5,8-10H,6-7,11-14H2,1-3H3,(H,28,30). The predicted molar refractivity (Wildman–Crippen MR) is 113 cm³/mol. The zero-order chi connectivity index (χ0) is 21.7. The first-order valence-electron chi connectivity index (χ1n) is 10.3. The Balaban J connectivity index is 1.46. The van der Waals surface area contributed by atoms with Gasteiger partial charge in [-0.15, -0.1) is 0 Å². The van der Waals surface area contributed by atoms with Gasteiger partial charge in [-0.1, -0.05) is 13.0 Å². The van der Waals surface area contributed by atoms with Crippen LogP contribution in [0.3, 0.4) is 0 Å². The van der Waals surface area contributed by atoms with Gasteiger partial charge in [-0.05, 0) is 72.2 Å². The summed E-state index contributed by atoms with van der Waals surface area (Å²) in [4.78, 5) is 14.7. The molecule has 1 aliphatic carbocycles. The molecular formula is C24H27F3N2O. The minimum atomic E-state index is -2.64. The molecule has 0 spiro atoms. The van der Waals surface area contributed by atoms with Crippen LogP contribution >= 0.6 is 0 Å². The Morgan fingerprint density at radius 3 is 2.40 bits per heavy atom. The van der Waals surface area contributed by atoms with E-state index in [2.05, 4.69) is 10.2 Å². The van der Waals surface area contributed by atoms with E-state index in [1.54, 1.807) is 13.0 Å². The molecule has 2 aliphatic rings. The van der Waals surface area contributed by atoms with Gasteiger partial charge in [0.1, 0.15) is 5.82 Å². The molecule has 2 aromatic carbocycles. The number of hydrogen-bond acceptors (Lipinski definition) is 2. The summed E-state index contributed by atoms with van der Waals surface area (Å²) in [6.07, 6.45) is 0.422. The Labute approximate surface area is 175 Å². The first kappa shape index (κ1) is 20.8. The number of carbonyl (C=O) groups excluding carboxylic acids is 1. The van der Waals surface area contributed by atoms with E-state index in [0.29, 0.717) is 6.54 Å². The van der Waals surface area contributed by atoms with Gasteiger partial charge in [0.25, 0.3) is 0 Å². The fourth-order valence-corrected chi connectivity index (χ4v) is 4.96. The van der Waals surface area contributed by atoms with E-state index in [1.807, 2.05) is 32.0 Å². The number of anilines is 2. The number of fused-ring (bicyclic) bond motifs is 1. The summed E-state index contributed by atoms with van der Waals surface area (Å²) < 4.78 is 39.9. The molecule has 1 saturated carbocycles. The van der Waals surface area contributed by atoms with Gasteiger partial charge in [0.05, 0.1) is 0 Å². The Morgan fingerprint density at radius 1 is 1.10 bits per heavy atom. The third-order valence-corrected chi connectivity index (χ3v) is 6.29. The van der Waals surface area contributed by atoms with Crippen molar-refractivity contribution in [2.75, 3.05) is 16.8 Å². The molecule has 0 atom stereocenters. The van der Waals surface area contributed by atoms with Crippen LogP contribution in [0, 0.1) is 25.1 Å². The van der Waals surface area contributed by atoms with Crippen molar-refractivity contribution >= 4 is 17.3 Å². The second-order valence-corrected chi connectivity index (χ2v) is 9.28. The number of alkyl halides is 2. The Bertz CT molecular complexity index is 971. The molecule has 0 bridgehead atoms. The average molecular weight is 416 g/mol. The van der Waals surface area contributed by atoms with E-state index >= 15 is 0 Å². The molecule has 2 aromatic rings. The molecule has 3 nitrogen and oxygen atoms in total. The zero-order valence-corrected chi connectivity index (χ0v) is 17.6. The maximum absolute atomic E-state index is 13.5. The highest BCUT2D eigenvalue weighted by molar-refractivity contribution is 5.93. The van der Waals surface area contributed by atoms with Crippen LogP contribution in [0.2, 0.25) is 0 Å². The molecule has 160 valence electrons. The largest absolute Gasteiger partial charge is 0.367 e. The lowest BCUT2D eigenvalue weighted by atomic mass is 9.65. The van der Waals surface area contributed by atoms with Gasteiger partial charge in [-0.25, -0.2) is 13.2 Å². The summed E-state index contributed by atoms with van der Waals surface area (Å²) in [5.41, 5.74) is 5.23. The molecule has 1 amide bonds. The molecule has 1 N–H and O–H groups in total. The molecule has 1 fully saturated rings. The molecule has 1 heterocycles. The van der Waals surface area contributed by atoms with Crippen LogP contribution in [0.1, 0.15) is 48.4 Å². The van der Waals surface area contributed by atoms with Gasteiger partial charge in [0.2, 0.25) is 11.8 Å². The van der Waals surface area contributed by atoms with Crippen molar-refractivity contribution in [3.8, 4) is 0 Å². The van der Waals surface area contributed by atoms with Crippen LogP contribution < -0.4 is 10.2 Å². The van der Waals surface area contributed by atoms with E-state index < -0.39 is 11.3 Å². The molecule has 30 heavy (non-hydrogen) atoms. The van der Waals surface area contributed by atoms with Crippen molar-refractivity contribution in [3.63, 3.8) is 0 Å². The van der Waals surface area contributed by atoms with E-state index in [9.17, 15) is 18.0 Å². The first-order valence-corrected chi connectivity index (χ1v) is 10.3. The summed E-state index contributed by atoms with van der Waals surface area (Å²) in [6.45, 7) is 7.14. The van der Waals surface area contributed by atoms with Crippen LogP contribution in [0.15, 0.2) is 30.3 Å². The number of amides is 1. The zero-order valence-electron chi connectivity index (χ0n) is 17.6. The molecule has 6 heteroatoms. The highest BCUT2D eigenvalue weighted by atomic mass is 19.3. The van der Waals surface area contributed by atoms with Gasteiger partial charge >= 0.3 is 0 Å². The van der Waals surface area contributed by atoms with Crippen LogP contribution in [-0.4, -0.2) is 18.4 Å². The summed E-state index contributed by atoms with van der Waals surface area (Å²) in [6, 6.07) is 9.03. The number of rotatable bonds is 4. The van der Waals surface area contributed by atoms with Gasteiger partial charge < -0.3 is 10.2 Å². The van der Waals surface area contributed by atoms with E-state index in [-0.39, 0.29) is 31.0 Å². The Hall–Kier alpha value is -2.50. The monoisotopic (exact) mass is 416 g/mol. The van der Waals surface area contributed by atoms with Gasteiger partial charge in [0, 0.05) is 43.7 Å². The first-order chi connectivity index (χ1) is 14.0. The van der Waals surface area contributed by atoms with Crippen molar-refractivity contribution < 1.29 is 18.0 Å². The minimum absolute atomic E-state index is 0.0999.